The van der Waals surface area contributed by atoms with Crippen molar-refractivity contribution in [3.8, 4) is 0 Å². The van der Waals surface area contributed by atoms with Gasteiger partial charge in [0.25, 0.3) is 0 Å². The van der Waals surface area contributed by atoms with Crippen molar-refractivity contribution < 1.29 is 154 Å². The van der Waals surface area contributed by atoms with E-state index < -0.39 is 136 Å². The Morgan fingerprint density at radius 1 is 0.259 bits per heavy atom. The van der Waals surface area contributed by atoms with Gasteiger partial charge in [0.2, 0.25) is 0 Å². The Morgan fingerprint density at radius 3 is 0.603 bits per heavy atom. The second-order valence-electron chi connectivity index (χ2n) is 11.0. The Bertz CT molecular complexity index is 1570. The quantitative estimate of drug-likeness (QED) is 0.126. The van der Waals surface area contributed by atoms with Crippen molar-refractivity contribution in [3.63, 3.8) is 0 Å². The smallest absolute Gasteiger partial charge is 0.298 e. The van der Waals surface area contributed by atoms with Crippen LogP contribution in [0.2, 0.25) is 0 Å². The molecule has 1 aromatic carbocycles. The van der Waals surface area contributed by atoms with Crippen LogP contribution in [0.4, 0.5) is 149 Å². The van der Waals surface area contributed by atoms with Crippen LogP contribution in [0.15, 0.2) is 18.2 Å². The van der Waals surface area contributed by atoms with E-state index in [4.69, 9.17) is 0 Å². The molecule has 0 unspecified atom stereocenters. The molecule has 0 saturated carbocycles. The lowest BCUT2D eigenvalue weighted by molar-refractivity contribution is -0.463. The molecule has 0 radical (unpaired) electrons. The van der Waals surface area contributed by atoms with Crippen LogP contribution in [0.5, 0.6) is 0 Å². The summed E-state index contributed by atoms with van der Waals surface area (Å²) in [5.41, 5.74) is -11.0. The highest BCUT2D eigenvalue weighted by molar-refractivity contribution is 5.76. The van der Waals surface area contributed by atoms with Crippen molar-refractivity contribution in [2.75, 3.05) is 0 Å². The first-order valence-electron chi connectivity index (χ1n) is 12.7. The number of hydrogen-bond acceptors (Lipinski definition) is 1. The predicted octanol–water partition coefficient (Wildman–Crippen LogP) is 12.4. The van der Waals surface area contributed by atoms with E-state index in [0.717, 1.165) is 0 Å². The predicted molar refractivity (Wildman–Crippen MR) is 111 cm³/mol. The van der Waals surface area contributed by atoms with E-state index in [1.54, 1.807) is 0 Å². The van der Waals surface area contributed by atoms with Gasteiger partial charge in [0, 0.05) is 16.7 Å². The highest BCUT2D eigenvalue weighted by Gasteiger charge is 2.97. The average molecular weight is 942 g/mol. The zero-order chi connectivity index (χ0) is 47.6. The number of rotatable bonds is 15. The monoisotopic (exact) mass is 942 g/mol. The molecule has 0 aliphatic heterocycles. The van der Waals surface area contributed by atoms with E-state index in [2.05, 4.69) is 0 Å². The summed E-state index contributed by atoms with van der Waals surface area (Å²) in [5, 5.41) is 0. The van der Waals surface area contributed by atoms with Crippen LogP contribution < -0.4 is 0 Å². The molecule has 0 spiro atoms. The van der Waals surface area contributed by atoms with Gasteiger partial charge in [-0.25, -0.2) is 0 Å². The Labute approximate surface area is 291 Å². The number of benzene rings is 1. The third-order valence-electron chi connectivity index (χ3n) is 7.26. The lowest BCUT2D eigenvalue weighted by Gasteiger charge is -2.43. The van der Waals surface area contributed by atoms with E-state index in [1.807, 2.05) is 0 Å². The maximum absolute atomic E-state index is 14.7. The molecule has 0 N–H and O–H groups in total. The standard InChI is InChI=1S/C23H4F34O/c24-8(25,10(28,29)12(32,33)14(36,37)16(40,41)18(44,45)20(48,49)22(52,53)54)6-1-5(4-58)2-7(3-6)9(26,27)11(30,31)13(34,35)15(38,39)17(42,43)19(46,47)21(50,51)23(55,56)57/h1-4H. The number of hydrogen-bond donors (Lipinski definition) is 0. The van der Waals surface area contributed by atoms with Gasteiger partial charge in [0.15, 0.2) is 0 Å². The van der Waals surface area contributed by atoms with Crippen LogP contribution in [0.25, 0.3) is 0 Å². The molecule has 0 atom stereocenters. The summed E-state index contributed by atoms with van der Waals surface area (Å²) >= 11 is 0. The normalized spacial score (nSPS) is 16.5. The molecule has 1 rings (SSSR count). The molecule has 0 amide bonds. The van der Waals surface area contributed by atoms with Crippen LogP contribution in [0.3, 0.4) is 0 Å². The first-order chi connectivity index (χ1) is 24.6. The second-order valence-corrected chi connectivity index (χ2v) is 11.0. The number of halogens is 34. The van der Waals surface area contributed by atoms with Gasteiger partial charge >= 0.3 is 95.3 Å². The molecule has 58 heavy (non-hydrogen) atoms. The van der Waals surface area contributed by atoms with Crippen molar-refractivity contribution in [2.45, 2.75) is 95.3 Å². The summed E-state index contributed by atoms with van der Waals surface area (Å²) in [7, 11) is 0. The van der Waals surface area contributed by atoms with Crippen molar-refractivity contribution >= 4 is 6.29 Å². The van der Waals surface area contributed by atoms with Gasteiger partial charge in [-0.2, -0.15) is 149 Å². The Kier molecular flexibility index (Phi) is 12.0. The maximum Gasteiger partial charge on any atom is 0.460 e. The van der Waals surface area contributed by atoms with Crippen molar-refractivity contribution in [2.24, 2.45) is 0 Å². The number of alkyl halides is 34. The molecule has 1 aromatic rings. The van der Waals surface area contributed by atoms with Gasteiger partial charge in [-0.15, -0.1) is 0 Å². The third-order valence-corrected chi connectivity index (χ3v) is 7.26. The van der Waals surface area contributed by atoms with Crippen LogP contribution in [0.1, 0.15) is 21.5 Å². The molecule has 340 valence electrons. The zero-order valence-electron chi connectivity index (χ0n) is 25.1. The summed E-state index contributed by atoms with van der Waals surface area (Å²) in [5.74, 6) is -126. The molecule has 0 bridgehead atoms. The summed E-state index contributed by atoms with van der Waals surface area (Å²) < 4.78 is 462. The fraction of sp³-hybridized carbons (Fsp3) is 0.696. The Morgan fingerprint density at radius 2 is 0.431 bits per heavy atom. The molecular formula is C23H4F34O. The number of carbonyl (C=O) groups excluding carboxylic acids is 1. The highest BCUT2D eigenvalue weighted by atomic mass is 19.4. The van der Waals surface area contributed by atoms with Crippen molar-refractivity contribution in [1.82, 2.24) is 0 Å². The van der Waals surface area contributed by atoms with Crippen LogP contribution in [-0.4, -0.2) is 89.7 Å². The van der Waals surface area contributed by atoms with Crippen LogP contribution >= 0.6 is 0 Å². The fourth-order valence-electron chi connectivity index (χ4n) is 3.77. The summed E-state index contributed by atoms with van der Waals surface area (Å²) in [4.78, 5) is 10.9. The van der Waals surface area contributed by atoms with Crippen molar-refractivity contribution in [3.05, 3.63) is 34.9 Å². The summed E-state index contributed by atoms with van der Waals surface area (Å²) in [6.07, 6.45) is -18.0. The van der Waals surface area contributed by atoms with Gasteiger partial charge in [-0.3, -0.25) is 4.79 Å². The van der Waals surface area contributed by atoms with E-state index in [-0.39, 0.29) is 0 Å². The summed E-state index contributed by atoms with van der Waals surface area (Å²) in [6.45, 7) is 0. The zero-order valence-corrected chi connectivity index (χ0v) is 25.1. The molecule has 1 nitrogen and oxygen atoms in total. The SMILES string of the molecule is O=Cc1cc(C(F)(F)C(F)(F)C(F)(F)C(F)(F)C(F)(F)C(F)(F)C(F)(F)C(F)(F)F)cc(C(F)(F)C(F)(F)C(F)(F)C(F)(F)C(F)(F)C(F)(F)C(F)(F)C(F)(F)F)c1. The van der Waals surface area contributed by atoms with Gasteiger partial charge in [-0.1, -0.05) is 0 Å². The average Bonchev–Trinajstić information content (AvgIpc) is 3.02. The lowest BCUT2D eigenvalue weighted by atomic mass is 9.84. The van der Waals surface area contributed by atoms with E-state index in [1.165, 1.54) is 0 Å². The molecule has 0 aliphatic rings. The first kappa shape index (κ1) is 52.5. The lowest BCUT2D eigenvalue weighted by Crippen LogP contribution is -2.74. The van der Waals surface area contributed by atoms with Gasteiger partial charge < -0.3 is 0 Å². The molecule has 0 saturated heterocycles. The number of carbonyl (C=O) groups is 1. The molecule has 0 aromatic heterocycles. The number of aldehydes is 1. The van der Waals surface area contributed by atoms with E-state index >= 15 is 0 Å². The summed E-state index contributed by atoms with van der Waals surface area (Å²) in [6, 6.07) is -5.39. The minimum absolute atomic E-state index is 1.53. The molecular weight excluding hydrogens is 938 g/mol. The molecule has 0 aliphatic carbocycles. The van der Waals surface area contributed by atoms with Gasteiger partial charge in [-0.05, 0) is 18.2 Å². The van der Waals surface area contributed by atoms with Crippen LogP contribution in [-0.2, 0) is 11.8 Å². The topological polar surface area (TPSA) is 17.1 Å². The molecule has 0 fully saturated rings. The maximum atomic E-state index is 14.7. The first-order valence-corrected chi connectivity index (χ1v) is 12.7. The Hall–Kier alpha value is -3.49. The largest absolute Gasteiger partial charge is 0.460 e. The van der Waals surface area contributed by atoms with Crippen LogP contribution in [0, 0.1) is 0 Å². The minimum atomic E-state index is -9.42. The third kappa shape index (κ3) is 6.32. The Balaban J connectivity index is 4.18. The minimum Gasteiger partial charge on any atom is -0.298 e. The highest BCUT2D eigenvalue weighted by Crippen LogP contribution is 2.67. The van der Waals surface area contributed by atoms with Crippen molar-refractivity contribution in [1.29, 1.82) is 0 Å². The second kappa shape index (κ2) is 13.3. The van der Waals surface area contributed by atoms with E-state index in [9.17, 15) is 154 Å². The van der Waals surface area contributed by atoms with E-state index in [0.29, 0.717) is 0 Å². The van der Waals surface area contributed by atoms with Gasteiger partial charge in [0.05, 0.1) is 0 Å². The molecule has 35 heteroatoms. The van der Waals surface area contributed by atoms with Gasteiger partial charge in [0.1, 0.15) is 6.29 Å². The molecule has 0 heterocycles. The fourth-order valence-corrected chi connectivity index (χ4v) is 3.77.